The van der Waals surface area contributed by atoms with Crippen molar-refractivity contribution in [3.05, 3.63) is 71.3 Å². The van der Waals surface area contributed by atoms with Crippen molar-refractivity contribution in [1.82, 2.24) is 0 Å². The summed E-state index contributed by atoms with van der Waals surface area (Å²) in [6, 6.07) is 20.0. The summed E-state index contributed by atoms with van der Waals surface area (Å²) < 4.78 is 0. The van der Waals surface area contributed by atoms with Gasteiger partial charge in [0.1, 0.15) is 0 Å². The highest BCUT2D eigenvalue weighted by atomic mass is 14.6. The molecule has 0 aromatic heterocycles. The monoisotopic (exact) mass is 206 g/mol. The summed E-state index contributed by atoms with van der Waals surface area (Å²) >= 11 is 0. The largest absolute Gasteiger partial charge is 0.0622 e. The van der Waals surface area contributed by atoms with Crippen molar-refractivity contribution in [2.45, 2.75) is 24.2 Å². The van der Waals surface area contributed by atoms with Gasteiger partial charge in [-0.15, -0.1) is 0 Å². The van der Waals surface area contributed by atoms with Crippen molar-refractivity contribution in [3.8, 4) is 0 Å². The zero-order chi connectivity index (χ0) is 10.6. The van der Waals surface area contributed by atoms with Crippen LogP contribution >= 0.6 is 0 Å². The van der Waals surface area contributed by atoms with Crippen LogP contribution in [0.4, 0.5) is 0 Å². The smallest absolute Gasteiger partial charge is 0.00686 e. The third kappa shape index (κ3) is 0.948. The Morgan fingerprint density at radius 1 is 0.875 bits per heavy atom. The van der Waals surface area contributed by atoms with Crippen LogP contribution in [0.15, 0.2) is 54.6 Å². The minimum absolute atomic E-state index is 0.463. The first-order chi connectivity index (χ1) is 7.90. The molecule has 0 heterocycles. The maximum Gasteiger partial charge on any atom is 0.00686 e. The van der Waals surface area contributed by atoms with Crippen LogP contribution in [0, 0.1) is 0 Å². The summed E-state index contributed by atoms with van der Waals surface area (Å²) in [6.45, 7) is 0. The molecule has 0 heteroatoms. The minimum Gasteiger partial charge on any atom is -0.0622 e. The Hall–Kier alpha value is -1.56. The van der Waals surface area contributed by atoms with Crippen molar-refractivity contribution in [3.63, 3.8) is 0 Å². The second-order valence-electron chi connectivity index (χ2n) is 5.15. The number of fused-ring (bicyclic) bond motifs is 3. The van der Waals surface area contributed by atoms with E-state index in [1.54, 1.807) is 11.1 Å². The molecule has 0 bridgehead atoms. The van der Waals surface area contributed by atoms with Crippen LogP contribution in [0.2, 0.25) is 0 Å². The molecule has 2 aromatic rings. The van der Waals surface area contributed by atoms with Crippen LogP contribution in [0.1, 0.15) is 29.0 Å². The molecule has 0 saturated heterocycles. The SMILES string of the molecule is c1ccc(C23Cc4ccccc4C2C3)cc1. The summed E-state index contributed by atoms with van der Waals surface area (Å²) in [5, 5.41) is 0. The second-order valence-corrected chi connectivity index (χ2v) is 5.15. The van der Waals surface area contributed by atoms with Crippen molar-refractivity contribution in [2.24, 2.45) is 0 Å². The number of hydrogen-bond acceptors (Lipinski definition) is 0. The molecule has 0 amide bonds. The summed E-state index contributed by atoms with van der Waals surface area (Å²) in [5.41, 5.74) is 5.18. The number of benzene rings is 2. The van der Waals surface area contributed by atoms with E-state index in [4.69, 9.17) is 0 Å². The Morgan fingerprint density at radius 2 is 1.62 bits per heavy atom. The molecule has 2 atom stereocenters. The van der Waals surface area contributed by atoms with Crippen molar-refractivity contribution in [1.29, 1.82) is 0 Å². The van der Waals surface area contributed by atoms with Crippen molar-refractivity contribution in [2.75, 3.05) is 0 Å². The van der Waals surface area contributed by atoms with Crippen LogP contribution in [-0.2, 0) is 11.8 Å². The molecule has 1 fully saturated rings. The maximum atomic E-state index is 2.32. The fraction of sp³-hybridized carbons (Fsp3) is 0.250. The van der Waals surface area contributed by atoms with Crippen LogP contribution in [0.25, 0.3) is 0 Å². The van der Waals surface area contributed by atoms with Crippen LogP contribution in [0.5, 0.6) is 0 Å². The normalized spacial score (nSPS) is 29.6. The molecule has 0 radical (unpaired) electrons. The minimum atomic E-state index is 0.463. The topological polar surface area (TPSA) is 0 Å². The van der Waals surface area contributed by atoms with E-state index in [0.717, 1.165) is 5.92 Å². The van der Waals surface area contributed by atoms with Gasteiger partial charge >= 0.3 is 0 Å². The Balaban J connectivity index is 1.82. The zero-order valence-electron chi connectivity index (χ0n) is 9.19. The summed E-state index contributed by atoms with van der Waals surface area (Å²) in [5.74, 6) is 0.797. The third-order valence-corrected chi connectivity index (χ3v) is 4.36. The molecule has 0 N–H and O–H groups in total. The molecule has 2 aliphatic carbocycles. The Bertz CT molecular complexity index is 541. The lowest BCUT2D eigenvalue weighted by molar-refractivity contribution is 0.701. The predicted octanol–water partition coefficient (Wildman–Crippen LogP) is 3.67. The molecule has 0 spiro atoms. The number of rotatable bonds is 1. The van der Waals surface area contributed by atoms with Gasteiger partial charge in [0.05, 0.1) is 0 Å². The molecule has 0 aliphatic heterocycles. The van der Waals surface area contributed by atoms with E-state index in [0.29, 0.717) is 5.41 Å². The third-order valence-electron chi connectivity index (χ3n) is 4.36. The maximum absolute atomic E-state index is 2.32. The zero-order valence-corrected chi connectivity index (χ0v) is 9.19. The number of hydrogen-bond donors (Lipinski definition) is 0. The molecule has 2 unspecified atom stereocenters. The highest BCUT2D eigenvalue weighted by Gasteiger charge is 2.60. The lowest BCUT2D eigenvalue weighted by Crippen LogP contribution is -2.07. The van der Waals surface area contributed by atoms with Gasteiger partial charge in [-0.05, 0) is 35.4 Å². The van der Waals surface area contributed by atoms with Gasteiger partial charge in [0.2, 0.25) is 0 Å². The lowest BCUT2D eigenvalue weighted by atomic mass is 9.92. The van der Waals surface area contributed by atoms with Gasteiger partial charge in [-0.3, -0.25) is 0 Å². The van der Waals surface area contributed by atoms with Gasteiger partial charge in [-0.2, -0.15) is 0 Å². The Morgan fingerprint density at radius 3 is 2.44 bits per heavy atom. The summed E-state index contributed by atoms with van der Waals surface area (Å²) in [4.78, 5) is 0. The summed E-state index contributed by atoms with van der Waals surface area (Å²) in [7, 11) is 0. The Kier molecular flexibility index (Phi) is 1.48. The highest BCUT2D eigenvalue weighted by molar-refractivity contribution is 5.53. The molecule has 2 aliphatic rings. The molecule has 0 nitrogen and oxygen atoms in total. The molecular weight excluding hydrogens is 192 g/mol. The molecule has 4 rings (SSSR count). The average molecular weight is 206 g/mol. The molecule has 2 aromatic carbocycles. The highest BCUT2D eigenvalue weighted by Crippen LogP contribution is 2.67. The molecule has 1 saturated carbocycles. The molecular formula is C16H14. The van der Waals surface area contributed by atoms with Crippen LogP contribution in [0.3, 0.4) is 0 Å². The van der Waals surface area contributed by atoms with Crippen LogP contribution < -0.4 is 0 Å². The average Bonchev–Trinajstić information content (AvgIpc) is 2.99. The molecule has 78 valence electrons. The van der Waals surface area contributed by atoms with E-state index in [1.807, 2.05) is 0 Å². The van der Waals surface area contributed by atoms with Gasteiger partial charge in [0, 0.05) is 5.41 Å². The summed E-state index contributed by atoms with van der Waals surface area (Å²) in [6.07, 6.45) is 2.60. The fourth-order valence-corrected chi connectivity index (χ4v) is 3.47. The van der Waals surface area contributed by atoms with E-state index in [-0.39, 0.29) is 0 Å². The quantitative estimate of drug-likeness (QED) is 0.668. The lowest BCUT2D eigenvalue weighted by Gasteiger charge is -2.12. The van der Waals surface area contributed by atoms with Gasteiger partial charge in [-0.1, -0.05) is 54.6 Å². The van der Waals surface area contributed by atoms with E-state index in [1.165, 1.54) is 18.4 Å². The van der Waals surface area contributed by atoms with Gasteiger partial charge in [0.25, 0.3) is 0 Å². The first-order valence-electron chi connectivity index (χ1n) is 6.03. The van der Waals surface area contributed by atoms with Gasteiger partial charge < -0.3 is 0 Å². The van der Waals surface area contributed by atoms with E-state index < -0.39 is 0 Å². The van der Waals surface area contributed by atoms with Crippen molar-refractivity contribution >= 4 is 0 Å². The fourth-order valence-electron chi connectivity index (χ4n) is 3.47. The predicted molar refractivity (Wildman–Crippen MR) is 65.6 cm³/mol. The van der Waals surface area contributed by atoms with Crippen molar-refractivity contribution < 1.29 is 0 Å². The Labute approximate surface area is 95.9 Å². The van der Waals surface area contributed by atoms with Gasteiger partial charge in [-0.25, -0.2) is 0 Å². The van der Waals surface area contributed by atoms with Crippen LogP contribution in [-0.4, -0.2) is 0 Å². The van der Waals surface area contributed by atoms with E-state index in [2.05, 4.69) is 54.6 Å². The first-order valence-corrected chi connectivity index (χ1v) is 6.03. The standard InChI is InChI=1S/C16H14/c1-2-7-13(8-3-1)16-10-12-6-4-5-9-14(12)15(16)11-16/h1-9,15H,10-11H2. The van der Waals surface area contributed by atoms with E-state index >= 15 is 0 Å². The van der Waals surface area contributed by atoms with Gasteiger partial charge in [0.15, 0.2) is 0 Å². The first kappa shape index (κ1) is 8.58. The molecule has 16 heavy (non-hydrogen) atoms. The second kappa shape index (κ2) is 2.76. The van der Waals surface area contributed by atoms with E-state index in [9.17, 15) is 0 Å².